The van der Waals surface area contributed by atoms with Crippen molar-refractivity contribution < 1.29 is 9.90 Å². The maximum atomic E-state index is 12.4. The Balaban J connectivity index is 1.71. The molecular formula is C17H21NO2S. The number of carbonyl (C=O) groups excluding carboxylic acids is 1. The highest BCUT2D eigenvalue weighted by molar-refractivity contribution is 7.17. The number of rotatable bonds is 4. The summed E-state index contributed by atoms with van der Waals surface area (Å²) >= 11 is 1.60. The summed E-state index contributed by atoms with van der Waals surface area (Å²) in [4.78, 5) is 12.4. The third-order valence-corrected chi connectivity index (χ3v) is 5.56. The highest BCUT2D eigenvalue weighted by Gasteiger charge is 2.31. The maximum Gasteiger partial charge on any atom is 0.252 e. The second kappa shape index (κ2) is 6.16. The molecule has 21 heavy (non-hydrogen) atoms. The summed E-state index contributed by atoms with van der Waals surface area (Å²) in [7, 11) is 0. The maximum absolute atomic E-state index is 12.4. The minimum atomic E-state index is -0.111. The molecule has 3 rings (SSSR count). The summed E-state index contributed by atoms with van der Waals surface area (Å²) in [5.41, 5.74) is 0.638. The number of hydrogen-bond acceptors (Lipinski definition) is 3. The molecule has 1 heterocycles. The van der Waals surface area contributed by atoms with Crippen molar-refractivity contribution in [1.82, 2.24) is 5.32 Å². The van der Waals surface area contributed by atoms with E-state index in [1.54, 1.807) is 11.3 Å². The van der Waals surface area contributed by atoms with Gasteiger partial charge in [0, 0.05) is 27.4 Å². The Morgan fingerprint density at radius 1 is 1.24 bits per heavy atom. The number of amides is 1. The number of nitrogens with one attached hydrogen (secondary N) is 1. The Bertz CT molecular complexity index is 629. The van der Waals surface area contributed by atoms with Crippen molar-refractivity contribution in [2.24, 2.45) is 5.41 Å². The standard InChI is InChI=1S/C17H21NO2S/c19-12-17(8-4-1-5-9-17)11-18-16(20)14-10-21-15-7-3-2-6-13(14)15/h2-3,6-7,10,19H,1,4-5,8-9,11-12H2,(H,18,20). The van der Waals surface area contributed by atoms with Crippen LogP contribution in [0, 0.1) is 5.41 Å². The van der Waals surface area contributed by atoms with Crippen LogP contribution in [0.15, 0.2) is 29.6 Å². The molecule has 0 spiro atoms. The van der Waals surface area contributed by atoms with Crippen LogP contribution >= 0.6 is 11.3 Å². The van der Waals surface area contributed by atoms with Gasteiger partial charge in [-0.2, -0.15) is 0 Å². The van der Waals surface area contributed by atoms with Crippen LogP contribution in [-0.2, 0) is 0 Å². The molecular weight excluding hydrogens is 282 g/mol. The zero-order valence-corrected chi connectivity index (χ0v) is 12.9. The van der Waals surface area contributed by atoms with E-state index in [1.807, 2.05) is 29.6 Å². The lowest BCUT2D eigenvalue weighted by Gasteiger charge is -2.35. The molecule has 1 saturated carbocycles. The van der Waals surface area contributed by atoms with Crippen LogP contribution in [0.5, 0.6) is 0 Å². The van der Waals surface area contributed by atoms with E-state index in [1.165, 1.54) is 6.42 Å². The average molecular weight is 303 g/mol. The molecule has 0 unspecified atom stereocenters. The molecule has 2 aromatic rings. The topological polar surface area (TPSA) is 49.3 Å². The minimum Gasteiger partial charge on any atom is -0.396 e. The monoisotopic (exact) mass is 303 g/mol. The molecule has 0 atom stereocenters. The van der Waals surface area contributed by atoms with Gasteiger partial charge in [-0.3, -0.25) is 4.79 Å². The van der Waals surface area contributed by atoms with Gasteiger partial charge in [0.25, 0.3) is 5.91 Å². The summed E-state index contributed by atoms with van der Waals surface area (Å²) < 4.78 is 1.14. The highest BCUT2D eigenvalue weighted by atomic mass is 32.1. The predicted molar refractivity (Wildman–Crippen MR) is 86.8 cm³/mol. The fourth-order valence-corrected chi connectivity index (χ4v) is 4.15. The Kier molecular flexibility index (Phi) is 4.27. The number of fused-ring (bicyclic) bond motifs is 1. The van der Waals surface area contributed by atoms with Gasteiger partial charge in [-0.25, -0.2) is 0 Å². The van der Waals surface area contributed by atoms with Crippen LogP contribution in [0.25, 0.3) is 10.1 Å². The molecule has 3 nitrogen and oxygen atoms in total. The van der Waals surface area contributed by atoms with Gasteiger partial charge in [-0.15, -0.1) is 11.3 Å². The largest absolute Gasteiger partial charge is 0.396 e. The van der Waals surface area contributed by atoms with E-state index in [-0.39, 0.29) is 17.9 Å². The van der Waals surface area contributed by atoms with Gasteiger partial charge in [0.15, 0.2) is 0 Å². The van der Waals surface area contributed by atoms with Crippen molar-refractivity contribution in [2.45, 2.75) is 32.1 Å². The van der Waals surface area contributed by atoms with Crippen LogP contribution < -0.4 is 5.32 Å². The fraction of sp³-hybridized carbons (Fsp3) is 0.471. The van der Waals surface area contributed by atoms with Crippen molar-refractivity contribution in [3.8, 4) is 0 Å². The molecule has 0 saturated heterocycles. The molecule has 0 aliphatic heterocycles. The molecule has 0 bridgehead atoms. The third-order valence-electron chi connectivity index (χ3n) is 4.60. The Hall–Kier alpha value is -1.39. The van der Waals surface area contributed by atoms with E-state index in [0.717, 1.165) is 41.3 Å². The third kappa shape index (κ3) is 2.97. The Morgan fingerprint density at radius 2 is 2.00 bits per heavy atom. The number of aliphatic hydroxyl groups excluding tert-OH is 1. The molecule has 1 aliphatic carbocycles. The highest BCUT2D eigenvalue weighted by Crippen LogP contribution is 2.35. The van der Waals surface area contributed by atoms with E-state index < -0.39 is 0 Å². The number of hydrogen-bond donors (Lipinski definition) is 2. The van der Waals surface area contributed by atoms with E-state index in [4.69, 9.17) is 0 Å². The zero-order chi connectivity index (χ0) is 14.7. The lowest BCUT2D eigenvalue weighted by molar-refractivity contribution is 0.0719. The molecule has 1 amide bonds. The lowest BCUT2D eigenvalue weighted by Crippen LogP contribution is -2.41. The van der Waals surface area contributed by atoms with E-state index in [2.05, 4.69) is 5.32 Å². The SMILES string of the molecule is O=C(NCC1(CO)CCCCC1)c1csc2ccccc12. The van der Waals surface area contributed by atoms with E-state index >= 15 is 0 Å². The van der Waals surface area contributed by atoms with Crippen LogP contribution in [0.1, 0.15) is 42.5 Å². The smallest absolute Gasteiger partial charge is 0.252 e. The quantitative estimate of drug-likeness (QED) is 0.907. The normalized spacial score (nSPS) is 17.8. The number of benzene rings is 1. The van der Waals surface area contributed by atoms with Crippen molar-refractivity contribution in [2.75, 3.05) is 13.2 Å². The second-order valence-corrected chi connectivity index (χ2v) is 6.96. The molecule has 1 aromatic heterocycles. The van der Waals surface area contributed by atoms with Gasteiger partial charge in [-0.05, 0) is 18.9 Å². The zero-order valence-electron chi connectivity index (χ0n) is 12.1. The van der Waals surface area contributed by atoms with Crippen molar-refractivity contribution in [1.29, 1.82) is 0 Å². The first-order chi connectivity index (χ1) is 10.2. The fourth-order valence-electron chi connectivity index (χ4n) is 3.21. The first kappa shape index (κ1) is 14.5. The van der Waals surface area contributed by atoms with Crippen LogP contribution in [0.3, 0.4) is 0 Å². The van der Waals surface area contributed by atoms with Gasteiger partial charge in [0.2, 0.25) is 0 Å². The summed E-state index contributed by atoms with van der Waals surface area (Å²) in [5.74, 6) is -0.0224. The molecule has 1 fully saturated rings. The first-order valence-electron chi connectivity index (χ1n) is 7.59. The van der Waals surface area contributed by atoms with Crippen LogP contribution in [0.4, 0.5) is 0 Å². The second-order valence-electron chi connectivity index (χ2n) is 6.05. The van der Waals surface area contributed by atoms with Crippen molar-refractivity contribution in [3.05, 3.63) is 35.2 Å². The molecule has 0 radical (unpaired) electrons. The van der Waals surface area contributed by atoms with E-state index in [9.17, 15) is 9.90 Å². The Labute approximate surface area is 129 Å². The van der Waals surface area contributed by atoms with Crippen LogP contribution in [-0.4, -0.2) is 24.2 Å². The molecule has 4 heteroatoms. The van der Waals surface area contributed by atoms with Gasteiger partial charge in [0.05, 0.1) is 12.2 Å². The summed E-state index contributed by atoms with van der Waals surface area (Å²) in [5, 5.41) is 15.7. The summed E-state index contributed by atoms with van der Waals surface area (Å²) in [6, 6.07) is 7.97. The molecule has 112 valence electrons. The lowest BCUT2D eigenvalue weighted by atomic mass is 9.74. The first-order valence-corrected chi connectivity index (χ1v) is 8.47. The molecule has 1 aromatic carbocycles. The molecule has 2 N–H and O–H groups in total. The Morgan fingerprint density at radius 3 is 2.76 bits per heavy atom. The summed E-state index contributed by atoms with van der Waals surface area (Å²) in [6.45, 7) is 0.740. The average Bonchev–Trinajstić information content (AvgIpc) is 2.98. The minimum absolute atomic E-state index is 0.0224. The van der Waals surface area contributed by atoms with E-state index in [0.29, 0.717) is 6.54 Å². The molecule has 1 aliphatic rings. The van der Waals surface area contributed by atoms with Crippen molar-refractivity contribution >= 4 is 27.3 Å². The number of aliphatic hydroxyl groups is 1. The van der Waals surface area contributed by atoms with Gasteiger partial charge < -0.3 is 10.4 Å². The van der Waals surface area contributed by atoms with Gasteiger partial charge in [-0.1, -0.05) is 37.5 Å². The van der Waals surface area contributed by atoms with Gasteiger partial charge in [0.1, 0.15) is 0 Å². The van der Waals surface area contributed by atoms with Crippen LogP contribution in [0.2, 0.25) is 0 Å². The number of thiophene rings is 1. The van der Waals surface area contributed by atoms with Crippen molar-refractivity contribution in [3.63, 3.8) is 0 Å². The number of carbonyl (C=O) groups is 1. The summed E-state index contributed by atoms with van der Waals surface area (Å²) in [6.07, 6.45) is 5.56. The van der Waals surface area contributed by atoms with Gasteiger partial charge >= 0.3 is 0 Å². The predicted octanol–water partition coefficient (Wildman–Crippen LogP) is 3.57.